The molecule has 6 aromatic carbocycles. The molecule has 35 heteroatoms. The molecule has 0 radical (unpaired) electrons. The number of nitrogens with two attached hydrogens (primary N) is 1. The van der Waals surface area contributed by atoms with E-state index in [0.717, 1.165) is 37.4 Å². The number of benzene rings is 6. The van der Waals surface area contributed by atoms with E-state index in [1.165, 1.54) is 0 Å². The molecular weight excluding hydrogens is 1030 g/mol. The molecule has 0 aromatic heterocycles. The molecule has 10 N–H and O–H groups in total. The zero-order valence-corrected chi connectivity index (χ0v) is 37.5. The van der Waals surface area contributed by atoms with Crippen molar-refractivity contribution in [3.63, 3.8) is 0 Å². The first-order chi connectivity index (χ1) is 31.7. The smallest absolute Gasteiger partial charge is 0.337 e. The van der Waals surface area contributed by atoms with E-state index >= 15 is 0 Å². The molecule has 0 saturated heterocycles. The van der Waals surface area contributed by atoms with Gasteiger partial charge in [0.05, 0.1) is 28.7 Å². The number of aromatic hydroxyl groups is 2. The summed E-state index contributed by atoms with van der Waals surface area (Å²) in [5.41, 5.74) is -2.20. The minimum atomic E-state index is -5.68. The Morgan fingerprint density at radius 1 is 0.565 bits per heavy atom. The Kier molecular flexibility index (Phi) is 13.0. The summed E-state index contributed by atoms with van der Waals surface area (Å²) in [5.74, 6) is -4.64. The maximum atomic E-state index is 12.9. The molecule has 362 valence electrons. The fourth-order valence-electron chi connectivity index (χ4n) is 6.25. The Morgan fingerprint density at radius 3 is 1.59 bits per heavy atom. The molecular formula is C34H24N8O22S5. The first kappa shape index (κ1) is 50.7. The Morgan fingerprint density at radius 2 is 1.07 bits per heavy atom. The Labute approximate surface area is 384 Å². The van der Waals surface area contributed by atoms with Crippen molar-refractivity contribution in [1.29, 1.82) is 0 Å². The second-order valence-corrected chi connectivity index (χ2v) is 20.4. The normalized spacial score (nSPS) is 13.0. The molecule has 0 heterocycles. The van der Waals surface area contributed by atoms with Crippen LogP contribution in [0.25, 0.3) is 21.5 Å². The molecule has 6 rings (SSSR count). The number of carboxylic acids is 1. The van der Waals surface area contributed by atoms with E-state index < -0.39 is 170 Å². The molecule has 69 heavy (non-hydrogen) atoms. The number of carbonyl (C=O) groups is 1. The van der Waals surface area contributed by atoms with Crippen molar-refractivity contribution in [1.82, 2.24) is 0 Å². The number of rotatable bonds is 14. The van der Waals surface area contributed by atoms with Gasteiger partial charge in [0.1, 0.15) is 64.4 Å². The van der Waals surface area contributed by atoms with E-state index in [9.17, 15) is 95.1 Å². The Hall–Kier alpha value is -7.74. The predicted octanol–water partition coefficient (Wildman–Crippen LogP) is 6.08. The molecule has 0 bridgehead atoms. The molecule has 6 aromatic rings. The van der Waals surface area contributed by atoms with Gasteiger partial charge in [0, 0.05) is 34.4 Å². The molecule has 30 nitrogen and oxygen atoms in total. The highest BCUT2D eigenvalue weighted by molar-refractivity contribution is 7.87. The van der Waals surface area contributed by atoms with Gasteiger partial charge in [-0.15, -0.1) is 30.7 Å². The number of anilines is 1. The number of methoxy groups -OCH3 is 1. The van der Waals surface area contributed by atoms with Gasteiger partial charge >= 0.3 is 5.97 Å². The van der Waals surface area contributed by atoms with E-state index in [1.54, 1.807) is 0 Å². The molecule has 0 saturated carbocycles. The fourth-order valence-corrected chi connectivity index (χ4v) is 9.70. The number of carboxylic acid groups (broad SMARTS) is 1. The van der Waals surface area contributed by atoms with E-state index in [2.05, 4.69) is 30.7 Å². The summed E-state index contributed by atoms with van der Waals surface area (Å²) in [6.45, 7) is 0. The lowest BCUT2D eigenvalue weighted by Crippen LogP contribution is -2.04. The van der Waals surface area contributed by atoms with Gasteiger partial charge in [0.15, 0.2) is 11.5 Å². The van der Waals surface area contributed by atoms with Gasteiger partial charge in [-0.25, -0.2) is 4.79 Å². The summed E-state index contributed by atoms with van der Waals surface area (Å²) in [4.78, 5) is 15.6. The van der Waals surface area contributed by atoms with Crippen LogP contribution in [0.5, 0.6) is 17.2 Å². The SMILES string of the molecule is COc1ccc(N=Nc2c(S(=O)(=O)O)cc3c(S(=O)(=O)O)c(N=Nc4cc(S(=O)(=O)O)c5cc(S(=O)(=O)O)c(N=Nc6cc([N+](=O)[O-])ccc6C(=O)O)c(O)c5c4N)ccc3c2O)c(S(=O)(=O)O)c1. The number of nitrogens with zero attached hydrogens (tertiary/aromatic N) is 7. The third-order valence-electron chi connectivity index (χ3n) is 9.22. The lowest BCUT2D eigenvalue weighted by atomic mass is 10.0. The molecule has 0 unspecified atom stereocenters. The van der Waals surface area contributed by atoms with Crippen LogP contribution in [0.1, 0.15) is 10.4 Å². The number of aromatic carboxylic acids is 1. The summed E-state index contributed by atoms with van der Waals surface area (Å²) in [5, 5.41) is 61.1. The van der Waals surface area contributed by atoms with E-state index in [-0.39, 0.29) is 5.75 Å². The Balaban J connectivity index is 1.61. The van der Waals surface area contributed by atoms with Crippen molar-refractivity contribution >= 4 is 124 Å². The van der Waals surface area contributed by atoms with Crippen LogP contribution in [0.3, 0.4) is 0 Å². The quantitative estimate of drug-likeness (QED) is 0.0196. The third kappa shape index (κ3) is 10.1. The monoisotopic (exact) mass is 1060 g/mol. The number of non-ortho nitro benzene ring substituents is 1. The maximum absolute atomic E-state index is 12.9. The molecule has 0 aliphatic rings. The van der Waals surface area contributed by atoms with Gasteiger partial charge in [-0.1, -0.05) is 0 Å². The molecule has 0 aliphatic carbocycles. The average Bonchev–Trinajstić information content (AvgIpc) is 3.22. The molecule has 0 aliphatic heterocycles. The Bertz CT molecular complexity index is 3960. The highest BCUT2D eigenvalue weighted by atomic mass is 32.2. The number of fused-ring (bicyclic) bond motifs is 2. The standard InChI is InChI=1S/C34H24N8O22S5/c1-64-14-3-6-19(24(9-14)66(52,53)54)36-40-29-25(67(55,56)57)10-17-15(31(29)43)5-7-20(33(17)69(61,62)63)37-39-22-12-23(65(49,50)51)18-11-26(68(58,59)60)30(32(44)27(18)28(22)35)41-38-21-8-13(42(47)48)2-4-16(21)34(45)46/h2-12,43-44H,35H2,1H3,(H,45,46)(H,49,50,51)(H,52,53,54)(H,55,56,57)(H,58,59,60)(H,61,62,63). The summed E-state index contributed by atoms with van der Waals surface area (Å²) in [7, 11) is -26.4. The summed E-state index contributed by atoms with van der Waals surface area (Å²) in [6.07, 6.45) is 0. The number of nitro groups is 1. The zero-order chi connectivity index (χ0) is 51.5. The van der Waals surface area contributed by atoms with E-state index in [1.807, 2.05) is 0 Å². The van der Waals surface area contributed by atoms with Crippen molar-refractivity contribution in [2.75, 3.05) is 12.8 Å². The van der Waals surface area contributed by atoms with Crippen LogP contribution in [-0.4, -0.2) is 98.2 Å². The summed E-state index contributed by atoms with van der Waals surface area (Å²) >= 11 is 0. The number of ether oxygens (including phenoxy) is 1. The topological polar surface area (TPSA) is 502 Å². The molecule has 0 fully saturated rings. The molecule has 0 atom stereocenters. The predicted molar refractivity (Wildman–Crippen MR) is 230 cm³/mol. The average molecular weight is 1060 g/mol. The van der Waals surface area contributed by atoms with Crippen molar-refractivity contribution in [3.8, 4) is 17.2 Å². The third-order valence-corrected chi connectivity index (χ3v) is 13.7. The maximum Gasteiger partial charge on any atom is 0.337 e. The van der Waals surface area contributed by atoms with Crippen LogP contribution in [-0.2, 0) is 50.6 Å². The fraction of sp³-hybridized carbons (Fsp3) is 0.0294. The summed E-state index contributed by atoms with van der Waals surface area (Å²) < 4.78 is 181. The van der Waals surface area contributed by atoms with Gasteiger partial charge in [-0.2, -0.15) is 42.1 Å². The lowest BCUT2D eigenvalue weighted by Gasteiger charge is -2.15. The number of hydrogen-bond acceptors (Lipinski definition) is 23. The minimum absolute atomic E-state index is 0.109. The second-order valence-electron chi connectivity index (χ2n) is 13.5. The van der Waals surface area contributed by atoms with Crippen LogP contribution in [0.4, 0.5) is 45.5 Å². The number of nitro benzene ring substituents is 1. The summed E-state index contributed by atoms with van der Waals surface area (Å²) in [6, 6.07) is 7.35. The first-order valence-corrected chi connectivity index (χ1v) is 24.7. The van der Waals surface area contributed by atoms with Crippen molar-refractivity contribution < 1.29 is 94.6 Å². The van der Waals surface area contributed by atoms with Gasteiger partial charge in [0.25, 0.3) is 56.3 Å². The largest absolute Gasteiger partial charge is 0.505 e. The van der Waals surface area contributed by atoms with Gasteiger partial charge in [-0.3, -0.25) is 32.9 Å². The van der Waals surface area contributed by atoms with Crippen LogP contribution < -0.4 is 10.5 Å². The van der Waals surface area contributed by atoms with E-state index in [4.69, 9.17) is 10.5 Å². The lowest BCUT2D eigenvalue weighted by molar-refractivity contribution is -0.384. The van der Waals surface area contributed by atoms with E-state index in [0.29, 0.717) is 36.4 Å². The van der Waals surface area contributed by atoms with Crippen LogP contribution in [0.2, 0.25) is 0 Å². The number of phenolic OH excluding ortho intramolecular Hbond substituents is 2. The number of nitrogen functional groups attached to an aromatic ring is 1. The van der Waals surface area contributed by atoms with Crippen LogP contribution in [0, 0.1) is 10.1 Å². The highest BCUT2D eigenvalue weighted by Gasteiger charge is 2.31. The van der Waals surface area contributed by atoms with Gasteiger partial charge in [-0.05, 0) is 48.5 Å². The molecule has 0 amide bonds. The number of phenols is 2. The van der Waals surface area contributed by atoms with Gasteiger partial charge in [0.2, 0.25) is 0 Å². The first-order valence-electron chi connectivity index (χ1n) is 17.5. The van der Waals surface area contributed by atoms with Crippen LogP contribution in [0.15, 0.2) is 122 Å². The highest BCUT2D eigenvalue weighted by Crippen LogP contribution is 2.50. The van der Waals surface area contributed by atoms with Crippen molar-refractivity contribution in [3.05, 3.63) is 82.4 Å². The minimum Gasteiger partial charge on any atom is -0.505 e. The zero-order valence-electron chi connectivity index (χ0n) is 33.4. The molecule has 0 spiro atoms. The van der Waals surface area contributed by atoms with Crippen molar-refractivity contribution in [2.24, 2.45) is 30.7 Å². The number of hydrogen-bond donors (Lipinski definition) is 9. The van der Waals surface area contributed by atoms with Crippen LogP contribution >= 0.6 is 0 Å². The van der Waals surface area contributed by atoms with Crippen molar-refractivity contribution in [2.45, 2.75) is 24.5 Å². The van der Waals surface area contributed by atoms with Gasteiger partial charge < -0.3 is 25.8 Å². The second kappa shape index (κ2) is 17.7. The number of azo groups is 3.